The van der Waals surface area contributed by atoms with Gasteiger partial charge in [-0.05, 0) is 61.7 Å². The van der Waals surface area contributed by atoms with Gasteiger partial charge in [0.2, 0.25) is 10.0 Å². The molecule has 1 fully saturated rings. The molecule has 156 valence electrons. The van der Waals surface area contributed by atoms with Gasteiger partial charge in [0.15, 0.2) is 0 Å². The lowest BCUT2D eigenvalue weighted by Gasteiger charge is -2.26. The van der Waals surface area contributed by atoms with Crippen LogP contribution in [0.1, 0.15) is 35.2 Å². The fourth-order valence-corrected chi connectivity index (χ4v) is 5.71. The lowest BCUT2D eigenvalue weighted by molar-refractivity contribution is 0.102. The zero-order valence-electron chi connectivity index (χ0n) is 16.7. The maximum Gasteiger partial charge on any atom is 0.255 e. The van der Waals surface area contributed by atoms with Crippen LogP contribution in [0.4, 0.5) is 5.69 Å². The van der Waals surface area contributed by atoms with Crippen LogP contribution < -0.4 is 5.32 Å². The van der Waals surface area contributed by atoms with Crippen LogP contribution in [0.2, 0.25) is 0 Å². The van der Waals surface area contributed by atoms with Crippen molar-refractivity contribution < 1.29 is 13.2 Å². The van der Waals surface area contributed by atoms with Crippen LogP contribution in [0.15, 0.2) is 58.9 Å². The van der Waals surface area contributed by atoms with Gasteiger partial charge in [0, 0.05) is 41.5 Å². The van der Waals surface area contributed by atoms with E-state index in [0.29, 0.717) is 24.3 Å². The lowest BCUT2D eigenvalue weighted by atomic mass is 10.1. The molecule has 0 bridgehead atoms. The summed E-state index contributed by atoms with van der Waals surface area (Å²) in [6.07, 6.45) is 4.54. The highest BCUT2D eigenvalue weighted by Crippen LogP contribution is 2.25. The number of rotatable bonds is 5. The molecule has 30 heavy (non-hydrogen) atoms. The van der Waals surface area contributed by atoms with Crippen molar-refractivity contribution in [3.05, 3.63) is 65.2 Å². The third-order valence-corrected chi connectivity index (χ3v) is 7.95. The highest BCUT2D eigenvalue weighted by atomic mass is 32.2. The number of piperidine rings is 1. The molecule has 1 saturated heterocycles. The van der Waals surface area contributed by atoms with Gasteiger partial charge in [-0.3, -0.25) is 4.79 Å². The third kappa shape index (κ3) is 4.30. The van der Waals surface area contributed by atoms with E-state index in [9.17, 15) is 13.2 Å². The first-order valence-corrected chi connectivity index (χ1v) is 12.2. The van der Waals surface area contributed by atoms with Gasteiger partial charge < -0.3 is 5.32 Å². The molecule has 0 aliphatic carbocycles. The summed E-state index contributed by atoms with van der Waals surface area (Å²) in [5, 5.41) is 5.70. The monoisotopic (exact) mass is 441 g/mol. The number of amides is 1. The number of aryl methyl sites for hydroxylation is 1. The number of nitrogens with zero attached hydrogens (tertiary/aromatic N) is 2. The average Bonchev–Trinajstić information content (AvgIpc) is 3.30. The molecule has 0 radical (unpaired) electrons. The number of carbonyl (C=O) groups is 1. The average molecular weight is 442 g/mol. The number of benzene rings is 2. The zero-order valence-corrected chi connectivity index (χ0v) is 18.3. The fourth-order valence-electron chi connectivity index (χ4n) is 3.52. The smallest absolute Gasteiger partial charge is 0.255 e. The SMILES string of the molecule is Cc1ccc(S(=O)(=O)N2CCCCC2)cc1C(=O)Nc1ccc(-c2nccs2)cc1. The Morgan fingerprint density at radius 2 is 1.80 bits per heavy atom. The number of carbonyl (C=O) groups excluding carboxylic acids is 1. The van der Waals surface area contributed by atoms with Crippen LogP contribution in [0.3, 0.4) is 0 Å². The lowest BCUT2D eigenvalue weighted by Crippen LogP contribution is -2.35. The largest absolute Gasteiger partial charge is 0.322 e. The van der Waals surface area contributed by atoms with Gasteiger partial charge >= 0.3 is 0 Å². The van der Waals surface area contributed by atoms with E-state index in [4.69, 9.17) is 0 Å². The molecule has 1 aromatic heterocycles. The summed E-state index contributed by atoms with van der Waals surface area (Å²) in [5.41, 5.74) is 2.71. The van der Waals surface area contributed by atoms with E-state index in [1.54, 1.807) is 36.6 Å². The first kappa shape index (κ1) is 20.7. The van der Waals surface area contributed by atoms with Crippen molar-refractivity contribution >= 4 is 33.0 Å². The Hall–Kier alpha value is -2.55. The molecular formula is C22H23N3O3S2. The molecule has 1 aliphatic rings. The maximum atomic E-state index is 13.0. The molecule has 0 saturated carbocycles. The van der Waals surface area contributed by atoms with Crippen molar-refractivity contribution in [2.45, 2.75) is 31.1 Å². The van der Waals surface area contributed by atoms with Crippen LogP contribution in [0, 0.1) is 6.92 Å². The van der Waals surface area contributed by atoms with Gasteiger partial charge in [-0.25, -0.2) is 13.4 Å². The Kier molecular flexibility index (Phi) is 5.99. The Morgan fingerprint density at radius 3 is 2.47 bits per heavy atom. The number of nitrogens with one attached hydrogen (secondary N) is 1. The van der Waals surface area contributed by atoms with E-state index in [0.717, 1.165) is 35.4 Å². The Morgan fingerprint density at radius 1 is 1.07 bits per heavy atom. The highest BCUT2D eigenvalue weighted by molar-refractivity contribution is 7.89. The summed E-state index contributed by atoms with van der Waals surface area (Å²) in [5.74, 6) is -0.329. The second kappa shape index (κ2) is 8.67. The molecule has 1 amide bonds. The molecule has 1 aliphatic heterocycles. The first-order chi connectivity index (χ1) is 14.4. The second-order valence-electron chi connectivity index (χ2n) is 7.31. The molecule has 3 aromatic rings. The Balaban J connectivity index is 1.54. The van der Waals surface area contributed by atoms with Crippen molar-refractivity contribution in [1.29, 1.82) is 0 Å². The van der Waals surface area contributed by atoms with Crippen molar-refractivity contribution in [3.63, 3.8) is 0 Å². The van der Waals surface area contributed by atoms with Gasteiger partial charge in [0.25, 0.3) is 5.91 Å². The van der Waals surface area contributed by atoms with Crippen molar-refractivity contribution in [2.24, 2.45) is 0 Å². The van der Waals surface area contributed by atoms with Crippen LogP contribution >= 0.6 is 11.3 Å². The van der Waals surface area contributed by atoms with E-state index in [-0.39, 0.29) is 10.8 Å². The van der Waals surface area contributed by atoms with E-state index in [1.807, 2.05) is 29.6 Å². The summed E-state index contributed by atoms with van der Waals surface area (Å²) in [4.78, 5) is 17.3. The molecule has 4 rings (SSSR count). The fraction of sp³-hybridized carbons (Fsp3) is 0.273. The van der Waals surface area contributed by atoms with Crippen molar-refractivity contribution in [1.82, 2.24) is 9.29 Å². The molecular weight excluding hydrogens is 418 g/mol. The molecule has 8 heteroatoms. The predicted molar refractivity (Wildman–Crippen MR) is 119 cm³/mol. The topological polar surface area (TPSA) is 79.4 Å². The van der Waals surface area contributed by atoms with Crippen LogP contribution in [-0.4, -0.2) is 36.7 Å². The summed E-state index contributed by atoms with van der Waals surface area (Å²) in [6, 6.07) is 12.2. The van der Waals surface area contributed by atoms with Gasteiger partial charge in [-0.1, -0.05) is 12.5 Å². The number of anilines is 1. The van der Waals surface area contributed by atoms with E-state index in [2.05, 4.69) is 10.3 Å². The molecule has 6 nitrogen and oxygen atoms in total. The number of hydrogen-bond acceptors (Lipinski definition) is 5. The predicted octanol–water partition coefficient (Wildman–Crippen LogP) is 4.55. The minimum absolute atomic E-state index is 0.166. The number of aromatic nitrogens is 1. The molecule has 1 N–H and O–H groups in total. The van der Waals surface area contributed by atoms with Crippen LogP contribution in [-0.2, 0) is 10.0 Å². The third-order valence-electron chi connectivity index (χ3n) is 5.23. The normalized spacial score (nSPS) is 15.1. The molecule has 2 aromatic carbocycles. The summed E-state index contributed by atoms with van der Waals surface area (Å²) >= 11 is 1.55. The Labute approximate surface area is 180 Å². The number of thiazole rings is 1. The molecule has 0 unspecified atom stereocenters. The molecule has 2 heterocycles. The van der Waals surface area contributed by atoms with Crippen LogP contribution in [0.5, 0.6) is 0 Å². The van der Waals surface area contributed by atoms with Crippen molar-refractivity contribution in [2.75, 3.05) is 18.4 Å². The Bertz CT molecular complexity index is 1130. The molecule has 0 spiro atoms. The minimum Gasteiger partial charge on any atom is -0.322 e. The van der Waals surface area contributed by atoms with Gasteiger partial charge in [0.1, 0.15) is 5.01 Å². The van der Waals surface area contributed by atoms with Gasteiger partial charge in [-0.15, -0.1) is 11.3 Å². The number of sulfonamides is 1. The summed E-state index contributed by atoms with van der Waals surface area (Å²) in [7, 11) is -3.59. The van der Waals surface area contributed by atoms with E-state index in [1.165, 1.54) is 10.4 Å². The standard InChI is InChI=1S/C22H23N3O3S2/c1-16-5-10-19(30(27,28)25-12-3-2-4-13-25)15-20(16)21(26)24-18-8-6-17(7-9-18)22-23-11-14-29-22/h5-11,14-15H,2-4,12-13H2,1H3,(H,24,26). The van der Waals surface area contributed by atoms with Gasteiger partial charge in [-0.2, -0.15) is 4.31 Å². The minimum atomic E-state index is -3.59. The number of hydrogen-bond donors (Lipinski definition) is 1. The summed E-state index contributed by atoms with van der Waals surface area (Å²) in [6.45, 7) is 2.87. The van der Waals surface area contributed by atoms with E-state index < -0.39 is 10.0 Å². The quantitative estimate of drug-likeness (QED) is 0.630. The molecule has 0 atom stereocenters. The summed E-state index contributed by atoms with van der Waals surface area (Å²) < 4.78 is 27.5. The van der Waals surface area contributed by atoms with Gasteiger partial charge in [0.05, 0.1) is 4.90 Å². The first-order valence-electron chi connectivity index (χ1n) is 9.87. The maximum absolute atomic E-state index is 13.0. The van der Waals surface area contributed by atoms with E-state index >= 15 is 0 Å². The highest BCUT2D eigenvalue weighted by Gasteiger charge is 2.27. The van der Waals surface area contributed by atoms with Crippen LogP contribution in [0.25, 0.3) is 10.6 Å². The van der Waals surface area contributed by atoms with Crippen molar-refractivity contribution in [3.8, 4) is 10.6 Å². The zero-order chi connectivity index (χ0) is 21.1. The second-order valence-corrected chi connectivity index (χ2v) is 10.1.